The van der Waals surface area contributed by atoms with Crippen LogP contribution in [0, 0.1) is 0 Å². The molecule has 0 aromatic heterocycles. The van der Waals surface area contributed by atoms with Crippen LogP contribution in [0.5, 0.6) is 5.75 Å². The Kier molecular flexibility index (Phi) is 5.97. The van der Waals surface area contributed by atoms with Gasteiger partial charge < -0.3 is 10.1 Å². The van der Waals surface area contributed by atoms with Gasteiger partial charge in [-0.2, -0.15) is 0 Å². The van der Waals surface area contributed by atoms with E-state index in [1.807, 2.05) is 18.2 Å². The Hall–Kier alpha value is -1.96. The molecule has 0 radical (unpaired) electrons. The average molecular weight is 269 g/mol. The van der Waals surface area contributed by atoms with E-state index in [0.717, 1.165) is 43.9 Å². The summed E-state index contributed by atoms with van der Waals surface area (Å²) in [5, 5.41) is 3.47. The lowest BCUT2D eigenvalue weighted by Crippen LogP contribution is -2.05. The Balaban J connectivity index is 1.79. The first kappa shape index (κ1) is 14.4. The lowest BCUT2D eigenvalue weighted by molar-refractivity contribution is 0.319. The number of hydrogen-bond donors (Lipinski definition) is 1. The van der Waals surface area contributed by atoms with Crippen LogP contribution in [0.1, 0.15) is 25.3 Å². The maximum atomic E-state index is 5.74. The molecule has 0 bridgehead atoms. The molecule has 2 aromatic rings. The number of para-hydroxylation sites is 2. The molecule has 1 N–H and O–H groups in total. The van der Waals surface area contributed by atoms with Crippen LogP contribution in [0.25, 0.3) is 0 Å². The van der Waals surface area contributed by atoms with Gasteiger partial charge >= 0.3 is 0 Å². The van der Waals surface area contributed by atoms with Crippen LogP contribution in [0.4, 0.5) is 5.69 Å². The van der Waals surface area contributed by atoms with Crippen LogP contribution in [0.2, 0.25) is 0 Å². The van der Waals surface area contributed by atoms with E-state index in [2.05, 4.69) is 48.6 Å². The highest BCUT2D eigenvalue weighted by Crippen LogP contribution is 2.23. The highest BCUT2D eigenvalue weighted by atomic mass is 16.5. The van der Waals surface area contributed by atoms with Crippen LogP contribution in [-0.2, 0) is 6.42 Å². The number of aryl methyl sites for hydroxylation is 1. The van der Waals surface area contributed by atoms with Crippen molar-refractivity contribution in [1.29, 1.82) is 0 Å². The van der Waals surface area contributed by atoms with Gasteiger partial charge in [-0.15, -0.1) is 0 Å². The van der Waals surface area contributed by atoms with Gasteiger partial charge in [-0.25, -0.2) is 0 Å². The van der Waals surface area contributed by atoms with Crippen molar-refractivity contribution >= 4 is 5.69 Å². The minimum Gasteiger partial charge on any atom is -0.491 e. The second-order valence-electron chi connectivity index (χ2n) is 4.86. The van der Waals surface area contributed by atoms with Gasteiger partial charge in [-0.3, -0.25) is 0 Å². The fourth-order valence-electron chi connectivity index (χ4n) is 2.11. The van der Waals surface area contributed by atoms with E-state index in [1.165, 1.54) is 5.56 Å². The van der Waals surface area contributed by atoms with Crippen molar-refractivity contribution in [2.24, 2.45) is 0 Å². The summed E-state index contributed by atoms with van der Waals surface area (Å²) < 4.78 is 5.74. The van der Waals surface area contributed by atoms with Gasteiger partial charge in [0.05, 0.1) is 12.3 Å². The molecule has 0 aliphatic heterocycles. The van der Waals surface area contributed by atoms with Crippen LogP contribution in [0.3, 0.4) is 0 Å². The van der Waals surface area contributed by atoms with Crippen molar-refractivity contribution in [3.8, 4) is 5.75 Å². The third-order valence-electron chi connectivity index (χ3n) is 3.15. The molecule has 0 aliphatic carbocycles. The molecule has 0 fully saturated rings. The molecule has 2 nitrogen and oxygen atoms in total. The molecule has 106 valence electrons. The average Bonchev–Trinajstić information content (AvgIpc) is 2.51. The van der Waals surface area contributed by atoms with Crippen LogP contribution in [-0.4, -0.2) is 13.2 Å². The number of ether oxygens (including phenoxy) is 1. The van der Waals surface area contributed by atoms with Crippen LogP contribution in [0.15, 0.2) is 54.6 Å². The molecule has 0 heterocycles. The number of benzene rings is 2. The molecule has 2 aromatic carbocycles. The van der Waals surface area contributed by atoms with E-state index >= 15 is 0 Å². The topological polar surface area (TPSA) is 21.3 Å². The summed E-state index contributed by atoms with van der Waals surface area (Å²) in [5.74, 6) is 0.953. The zero-order valence-corrected chi connectivity index (χ0v) is 12.1. The molecule has 20 heavy (non-hydrogen) atoms. The summed E-state index contributed by atoms with van der Waals surface area (Å²) >= 11 is 0. The van der Waals surface area contributed by atoms with E-state index in [-0.39, 0.29) is 0 Å². The fourth-order valence-corrected chi connectivity index (χ4v) is 2.11. The van der Waals surface area contributed by atoms with Crippen molar-refractivity contribution in [1.82, 2.24) is 0 Å². The zero-order chi connectivity index (χ0) is 14.0. The van der Waals surface area contributed by atoms with E-state index in [0.29, 0.717) is 0 Å². The second kappa shape index (κ2) is 8.26. The third-order valence-corrected chi connectivity index (χ3v) is 3.15. The summed E-state index contributed by atoms with van der Waals surface area (Å²) in [6.07, 6.45) is 3.25. The van der Waals surface area contributed by atoms with Crippen molar-refractivity contribution in [3.63, 3.8) is 0 Å². The first-order valence-corrected chi connectivity index (χ1v) is 7.40. The lowest BCUT2D eigenvalue weighted by atomic mass is 10.1. The van der Waals surface area contributed by atoms with Crippen molar-refractivity contribution in [2.45, 2.75) is 26.2 Å². The standard InChI is InChI=1S/C18H23NO/c1-2-15-20-18-13-7-6-12-17(18)19-14-8-11-16-9-4-3-5-10-16/h3-7,9-10,12-13,19H,2,8,11,14-15H2,1H3. The molecule has 0 atom stereocenters. The van der Waals surface area contributed by atoms with Gasteiger partial charge in [-0.1, -0.05) is 49.4 Å². The minimum atomic E-state index is 0.767. The van der Waals surface area contributed by atoms with E-state index in [9.17, 15) is 0 Å². The van der Waals surface area contributed by atoms with Crippen molar-refractivity contribution in [2.75, 3.05) is 18.5 Å². The highest BCUT2D eigenvalue weighted by molar-refractivity contribution is 5.56. The number of rotatable bonds is 8. The monoisotopic (exact) mass is 269 g/mol. The highest BCUT2D eigenvalue weighted by Gasteiger charge is 2.01. The Labute approximate surface area is 121 Å². The normalized spacial score (nSPS) is 10.2. The van der Waals surface area contributed by atoms with Gasteiger partial charge in [0.25, 0.3) is 0 Å². The molecular weight excluding hydrogens is 246 g/mol. The molecule has 0 unspecified atom stereocenters. The Morgan fingerprint density at radius 2 is 1.70 bits per heavy atom. The maximum Gasteiger partial charge on any atom is 0.142 e. The Morgan fingerprint density at radius 1 is 0.950 bits per heavy atom. The quantitative estimate of drug-likeness (QED) is 0.711. The maximum absolute atomic E-state index is 5.74. The SMILES string of the molecule is CCCOc1ccccc1NCCCc1ccccc1. The first-order chi connectivity index (χ1) is 9.90. The summed E-state index contributed by atoms with van der Waals surface area (Å²) in [4.78, 5) is 0. The summed E-state index contributed by atoms with van der Waals surface area (Å²) in [6.45, 7) is 3.85. The molecule has 0 amide bonds. The van der Waals surface area contributed by atoms with Gasteiger partial charge in [0.1, 0.15) is 5.75 Å². The predicted molar refractivity (Wildman–Crippen MR) is 85.5 cm³/mol. The van der Waals surface area contributed by atoms with Crippen molar-refractivity contribution < 1.29 is 4.74 Å². The molecule has 2 heteroatoms. The largest absolute Gasteiger partial charge is 0.491 e. The molecule has 0 saturated carbocycles. The van der Waals surface area contributed by atoms with E-state index in [4.69, 9.17) is 4.74 Å². The third kappa shape index (κ3) is 4.61. The predicted octanol–water partition coefficient (Wildman–Crippen LogP) is 4.52. The molecule has 0 aliphatic rings. The molecule has 0 saturated heterocycles. The van der Waals surface area contributed by atoms with Crippen LogP contribution < -0.4 is 10.1 Å². The fraction of sp³-hybridized carbons (Fsp3) is 0.333. The number of nitrogens with one attached hydrogen (secondary N) is 1. The number of hydrogen-bond acceptors (Lipinski definition) is 2. The Morgan fingerprint density at radius 3 is 2.50 bits per heavy atom. The van der Waals surface area contributed by atoms with E-state index < -0.39 is 0 Å². The molecule has 0 spiro atoms. The van der Waals surface area contributed by atoms with Gasteiger partial charge in [-0.05, 0) is 37.0 Å². The summed E-state index contributed by atoms with van der Waals surface area (Å²) in [7, 11) is 0. The van der Waals surface area contributed by atoms with Gasteiger partial charge in [0.15, 0.2) is 0 Å². The second-order valence-corrected chi connectivity index (χ2v) is 4.86. The molecular formula is C18H23NO. The minimum absolute atomic E-state index is 0.767. The van der Waals surface area contributed by atoms with Crippen LogP contribution >= 0.6 is 0 Å². The van der Waals surface area contributed by atoms with Crippen molar-refractivity contribution in [3.05, 3.63) is 60.2 Å². The number of anilines is 1. The van der Waals surface area contributed by atoms with Gasteiger partial charge in [0, 0.05) is 6.54 Å². The zero-order valence-electron chi connectivity index (χ0n) is 12.1. The lowest BCUT2D eigenvalue weighted by Gasteiger charge is -2.12. The summed E-state index contributed by atoms with van der Waals surface area (Å²) in [5.41, 5.74) is 2.49. The van der Waals surface area contributed by atoms with Gasteiger partial charge in [0.2, 0.25) is 0 Å². The first-order valence-electron chi connectivity index (χ1n) is 7.40. The van der Waals surface area contributed by atoms with E-state index in [1.54, 1.807) is 0 Å². The smallest absolute Gasteiger partial charge is 0.142 e. The Bertz CT molecular complexity index is 496. The summed E-state index contributed by atoms with van der Waals surface area (Å²) in [6, 6.07) is 18.8. The molecule has 2 rings (SSSR count).